The van der Waals surface area contributed by atoms with Crippen LogP contribution in [0.5, 0.6) is 0 Å². The maximum absolute atomic E-state index is 11.7. The topological polar surface area (TPSA) is 52.6 Å². The third-order valence-corrected chi connectivity index (χ3v) is 3.23. The predicted octanol–water partition coefficient (Wildman–Crippen LogP) is 2.11. The van der Waals surface area contributed by atoms with Crippen LogP contribution < -0.4 is 0 Å². The summed E-state index contributed by atoms with van der Waals surface area (Å²) in [6.45, 7) is 3.75. The molecule has 0 N–H and O–H groups in total. The number of aryl methyl sites for hydroxylation is 1. The van der Waals surface area contributed by atoms with Crippen molar-refractivity contribution in [2.45, 2.75) is 32.3 Å². The quantitative estimate of drug-likeness (QED) is 0.463. The van der Waals surface area contributed by atoms with Crippen molar-refractivity contribution in [2.75, 3.05) is 6.61 Å². The molecule has 1 fully saturated rings. The molecule has 1 atom stereocenters. The summed E-state index contributed by atoms with van der Waals surface area (Å²) in [7, 11) is 0. The minimum Gasteiger partial charge on any atom is -0.465 e. The van der Waals surface area contributed by atoms with Gasteiger partial charge in [0.1, 0.15) is 5.60 Å². The van der Waals surface area contributed by atoms with Gasteiger partial charge in [0, 0.05) is 0 Å². The van der Waals surface area contributed by atoms with Crippen LogP contribution in [-0.2, 0) is 25.5 Å². The predicted molar refractivity (Wildman–Crippen MR) is 69.4 cm³/mol. The van der Waals surface area contributed by atoms with Crippen molar-refractivity contribution < 1.29 is 19.1 Å². The number of carbonyl (C=O) groups is 2. The number of ether oxygens (including phenoxy) is 2. The third kappa shape index (κ3) is 3.13. The van der Waals surface area contributed by atoms with Gasteiger partial charge in [0.15, 0.2) is 5.92 Å². The van der Waals surface area contributed by atoms with E-state index in [-0.39, 0.29) is 0 Å². The first-order valence-electron chi connectivity index (χ1n) is 6.44. The second-order valence-electron chi connectivity index (χ2n) is 5.21. The van der Waals surface area contributed by atoms with E-state index in [2.05, 4.69) is 0 Å². The number of esters is 2. The van der Waals surface area contributed by atoms with Crippen molar-refractivity contribution in [3.05, 3.63) is 35.9 Å². The number of cyclic esters (lactones) is 1. The number of hydrogen-bond donors (Lipinski definition) is 0. The second-order valence-corrected chi connectivity index (χ2v) is 5.21. The van der Waals surface area contributed by atoms with E-state index in [0.717, 1.165) is 12.8 Å². The summed E-state index contributed by atoms with van der Waals surface area (Å²) in [5.74, 6) is -1.74. The molecule has 19 heavy (non-hydrogen) atoms. The fourth-order valence-electron chi connectivity index (χ4n) is 2.16. The van der Waals surface area contributed by atoms with Gasteiger partial charge < -0.3 is 9.47 Å². The molecule has 4 nitrogen and oxygen atoms in total. The lowest BCUT2D eigenvalue weighted by atomic mass is 9.85. The van der Waals surface area contributed by atoms with Crippen molar-refractivity contribution in [3.63, 3.8) is 0 Å². The van der Waals surface area contributed by atoms with Crippen LogP contribution in [0.3, 0.4) is 0 Å². The summed E-state index contributed by atoms with van der Waals surface area (Å²) in [6, 6.07) is 10.00. The Labute approximate surface area is 112 Å². The van der Waals surface area contributed by atoms with Gasteiger partial charge in [-0.05, 0) is 32.3 Å². The molecule has 0 aromatic heterocycles. The maximum atomic E-state index is 11.7. The maximum Gasteiger partial charge on any atom is 0.325 e. The Kier molecular flexibility index (Phi) is 3.88. The lowest BCUT2D eigenvalue weighted by Gasteiger charge is -2.40. The summed E-state index contributed by atoms with van der Waals surface area (Å²) in [4.78, 5) is 23.0. The van der Waals surface area contributed by atoms with Gasteiger partial charge in [-0.1, -0.05) is 30.3 Å². The number of carbonyl (C=O) groups excluding carboxylic acids is 2. The first-order chi connectivity index (χ1) is 9.00. The van der Waals surface area contributed by atoms with Crippen molar-refractivity contribution in [1.29, 1.82) is 0 Å². The Balaban J connectivity index is 1.72. The molecule has 1 aromatic carbocycles. The standard InChI is InChI=1S/C15H18O4/c1-15(2)12(14(17)19-15)13(16)18-10-6-9-11-7-4-3-5-8-11/h3-5,7-8,12H,6,9-10H2,1-2H3/t12-/m0/s1. The van der Waals surface area contributed by atoms with Gasteiger partial charge >= 0.3 is 11.9 Å². The van der Waals surface area contributed by atoms with Crippen LogP contribution >= 0.6 is 0 Å². The highest BCUT2D eigenvalue weighted by atomic mass is 16.6. The van der Waals surface area contributed by atoms with Crippen molar-refractivity contribution in [2.24, 2.45) is 5.92 Å². The van der Waals surface area contributed by atoms with Crippen LogP contribution in [0.25, 0.3) is 0 Å². The summed E-state index contributed by atoms with van der Waals surface area (Å²) in [5, 5.41) is 0. The van der Waals surface area contributed by atoms with Gasteiger partial charge in [0.25, 0.3) is 0 Å². The summed E-state index contributed by atoms with van der Waals surface area (Å²) >= 11 is 0. The van der Waals surface area contributed by atoms with E-state index in [9.17, 15) is 9.59 Å². The monoisotopic (exact) mass is 262 g/mol. The molecule has 1 aliphatic rings. The van der Waals surface area contributed by atoms with Crippen molar-refractivity contribution >= 4 is 11.9 Å². The molecule has 0 amide bonds. The fraction of sp³-hybridized carbons (Fsp3) is 0.467. The summed E-state index contributed by atoms with van der Waals surface area (Å²) in [6.07, 6.45) is 1.60. The molecule has 1 aromatic rings. The summed E-state index contributed by atoms with van der Waals surface area (Å²) < 4.78 is 10.0. The Morgan fingerprint density at radius 3 is 2.58 bits per heavy atom. The van der Waals surface area contributed by atoms with Crippen molar-refractivity contribution in [1.82, 2.24) is 0 Å². The molecule has 0 bridgehead atoms. The van der Waals surface area contributed by atoms with E-state index >= 15 is 0 Å². The minimum absolute atomic E-state index is 0.327. The highest BCUT2D eigenvalue weighted by Gasteiger charge is 2.55. The zero-order valence-corrected chi connectivity index (χ0v) is 11.2. The molecule has 2 rings (SSSR count). The second kappa shape index (κ2) is 5.43. The molecule has 102 valence electrons. The zero-order valence-electron chi connectivity index (χ0n) is 11.2. The molecule has 0 spiro atoms. The molecule has 4 heteroatoms. The normalized spacial score (nSPS) is 20.3. The SMILES string of the molecule is CC1(C)OC(=O)[C@@H]1C(=O)OCCCc1ccccc1. The summed E-state index contributed by atoms with van der Waals surface area (Å²) in [5.41, 5.74) is 0.482. The van der Waals surface area contributed by atoms with Crippen LogP contribution in [-0.4, -0.2) is 24.1 Å². The first-order valence-corrected chi connectivity index (χ1v) is 6.44. The molecule has 1 heterocycles. The van der Waals surface area contributed by atoms with E-state index in [1.54, 1.807) is 13.8 Å². The highest BCUT2D eigenvalue weighted by molar-refractivity contribution is 6.00. The molecule has 0 unspecified atom stereocenters. The lowest BCUT2D eigenvalue weighted by Crippen LogP contribution is -2.57. The Hall–Kier alpha value is -1.84. The van der Waals surface area contributed by atoms with E-state index in [4.69, 9.17) is 9.47 Å². The Morgan fingerprint density at radius 2 is 2.00 bits per heavy atom. The van der Waals surface area contributed by atoms with Gasteiger partial charge in [-0.25, -0.2) is 0 Å². The fourth-order valence-corrected chi connectivity index (χ4v) is 2.16. The van der Waals surface area contributed by atoms with E-state index < -0.39 is 23.5 Å². The van der Waals surface area contributed by atoms with Gasteiger partial charge in [-0.3, -0.25) is 9.59 Å². The van der Waals surface area contributed by atoms with E-state index in [0.29, 0.717) is 6.61 Å². The van der Waals surface area contributed by atoms with Crippen molar-refractivity contribution in [3.8, 4) is 0 Å². The smallest absolute Gasteiger partial charge is 0.325 e. The van der Waals surface area contributed by atoms with E-state index in [1.807, 2.05) is 30.3 Å². The largest absolute Gasteiger partial charge is 0.465 e. The molecule has 0 saturated carbocycles. The Bertz CT molecular complexity index is 464. The molecule has 0 radical (unpaired) electrons. The Morgan fingerprint density at radius 1 is 1.32 bits per heavy atom. The van der Waals surface area contributed by atoms with Crippen LogP contribution in [0.15, 0.2) is 30.3 Å². The van der Waals surface area contributed by atoms with Crippen LogP contribution in [0, 0.1) is 5.92 Å². The van der Waals surface area contributed by atoms with Crippen LogP contribution in [0.1, 0.15) is 25.8 Å². The highest BCUT2D eigenvalue weighted by Crippen LogP contribution is 2.34. The molecular weight excluding hydrogens is 244 g/mol. The lowest BCUT2D eigenvalue weighted by molar-refractivity contribution is -0.212. The van der Waals surface area contributed by atoms with Gasteiger partial charge in [0.05, 0.1) is 6.61 Å². The van der Waals surface area contributed by atoms with Gasteiger partial charge in [-0.2, -0.15) is 0 Å². The number of hydrogen-bond acceptors (Lipinski definition) is 4. The molecular formula is C15H18O4. The van der Waals surface area contributed by atoms with Crippen LogP contribution in [0.4, 0.5) is 0 Å². The number of rotatable bonds is 5. The molecule has 1 aliphatic heterocycles. The van der Waals surface area contributed by atoms with Gasteiger partial charge in [0.2, 0.25) is 0 Å². The zero-order chi connectivity index (χ0) is 13.9. The average Bonchev–Trinajstić information content (AvgIpc) is 2.34. The molecule has 1 saturated heterocycles. The molecule has 0 aliphatic carbocycles. The van der Waals surface area contributed by atoms with E-state index in [1.165, 1.54) is 5.56 Å². The van der Waals surface area contributed by atoms with Gasteiger partial charge in [-0.15, -0.1) is 0 Å². The minimum atomic E-state index is -0.774. The van der Waals surface area contributed by atoms with Crippen LogP contribution in [0.2, 0.25) is 0 Å². The first kappa shape index (κ1) is 13.6. The number of benzene rings is 1. The third-order valence-electron chi connectivity index (χ3n) is 3.23. The average molecular weight is 262 g/mol.